The molecule has 2 aliphatic rings. The van der Waals surface area contributed by atoms with E-state index in [2.05, 4.69) is 6.58 Å². The second-order valence-corrected chi connectivity index (χ2v) is 5.46. The van der Waals surface area contributed by atoms with E-state index in [0.717, 1.165) is 39.7 Å². The maximum Gasteiger partial charge on any atom is 0.231 e. The summed E-state index contributed by atoms with van der Waals surface area (Å²) in [5.74, 6) is 3.31. The third-order valence-corrected chi connectivity index (χ3v) is 3.62. The van der Waals surface area contributed by atoms with Gasteiger partial charge in [-0.1, -0.05) is 36.4 Å². The van der Waals surface area contributed by atoms with Crippen molar-refractivity contribution in [2.24, 2.45) is 0 Å². The van der Waals surface area contributed by atoms with Crippen molar-refractivity contribution in [2.45, 2.75) is 13.8 Å². The molecule has 0 unspecified atom stereocenters. The Kier molecular flexibility index (Phi) is 4.75. The number of allylic oxidation sites excluding steroid dienone is 2. The first kappa shape index (κ1) is 16.0. The molecule has 0 atom stereocenters. The maximum atomic E-state index is 5.23. The van der Waals surface area contributed by atoms with Crippen LogP contribution in [0.5, 0.6) is 23.0 Å². The molecule has 0 saturated heterocycles. The van der Waals surface area contributed by atoms with Gasteiger partial charge in [-0.05, 0) is 49.2 Å². The lowest BCUT2D eigenvalue weighted by molar-refractivity contribution is 0.173. The number of benzene rings is 2. The van der Waals surface area contributed by atoms with Crippen LogP contribution < -0.4 is 18.9 Å². The number of hydrogen-bond acceptors (Lipinski definition) is 4. The van der Waals surface area contributed by atoms with Gasteiger partial charge in [0.05, 0.1) is 0 Å². The summed E-state index contributed by atoms with van der Waals surface area (Å²) in [4.78, 5) is 0. The van der Waals surface area contributed by atoms with Crippen LogP contribution in [0.3, 0.4) is 0 Å². The summed E-state index contributed by atoms with van der Waals surface area (Å²) in [6.45, 7) is 8.49. The van der Waals surface area contributed by atoms with Crippen molar-refractivity contribution in [3.8, 4) is 23.0 Å². The molecule has 4 heteroatoms. The highest BCUT2D eigenvalue weighted by atomic mass is 16.7. The molecule has 0 spiro atoms. The molecule has 0 amide bonds. The normalized spacial score (nSPS) is 13.6. The molecule has 0 aromatic heterocycles. The molecule has 0 N–H and O–H groups in total. The average molecular weight is 324 g/mol. The van der Waals surface area contributed by atoms with Crippen LogP contribution in [0.4, 0.5) is 0 Å². The molecule has 2 aliphatic heterocycles. The van der Waals surface area contributed by atoms with E-state index in [1.165, 1.54) is 0 Å². The topological polar surface area (TPSA) is 36.9 Å². The summed E-state index contributed by atoms with van der Waals surface area (Å²) in [6.07, 6.45) is 4.03. The Bertz CT molecular complexity index is 777. The number of ether oxygens (including phenoxy) is 4. The van der Waals surface area contributed by atoms with Crippen molar-refractivity contribution < 1.29 is 18.9 Å². The zero-order valence-electron chi connectivity index (χ0n) is 13.9. The minimum Gasteiger partial charge on any atom is -0.454 e. The second kappa shape index (κ2) is 7.13. The molecule has 2 aromatic rings. The number of rotatable bonds is 2. The van der Waals surface area contributed by atoms with Crippen molar-refractivity contribution in [1.29, 1.82) is 0 Å². The molecule has 0 saturated carbocycles. The van der Waals surface area contributed by atoms with Crippen molar-refractivity contribution in [3.05, 3.63) is 60.2 Å². The minimum atomic E-state index is 0.328. The molecule has 4 rings (SSSR count). The molecule has 2 aromatic carbocycles. The molecule has 0 bridgehead atoms. The van der Waals surface area contributed by atoms with E-state index in [-0.39, 0.29) is 0 Å². The van der Waals surface area contributed by atoms with Gasteiger partial charge in [0.25, 0.3) is 0 Å². The van der Waals surface area contributed by atoms with Gasteiger partial charge in [-0.2, -0.15) is 0 Å². The van der Waals surface area contributed by atoms with Crippen molar-refractivity contribution in [2.75, 3.05) is 13.6 Å². The predicted octanol–water partition coefficient (Wildman–Crippen LogP) is 4.90. The average Bonchev–Trinajstić information content (AvgIpc) is 3.23. The smallest absolute Gasteiger partial charge is 0.231 e. The lowest BCUT2D eigenvalue weighted by Crippen LogP contribution is -1.92. The van der Waals surface area contributed by atoms with Crippen molar-refractivity contribution >= 4 is 11.6 Å². The van der Waals surface area contributed by atoms with E-state index in [4.69, 9.17) is 18.9 Å². The highest BCUT2D eigenvalue weighted by Gasteiger charge is 2.13. The Morgan fingerprint density at radius 1 is 0.875 bits per heavy atom. The van der Waals surface area contributed by atoms with Crippen LogP contribution in [0.2, 0.25) is 0 Å². The summed E-state index contributed by atoms with van der Waals surface area (Å²) in [5.41, 5.74) is 3.27. The first-order chi connectivity index (χ1) is 11.7. The van der Waals surface area contributed by atoms with Gasteiger partial charge in [0.15, 0.2) is 23.0 Å². The van der Waals surface area contributed by atoms with Gasteiger partial charge < -0.3 is 18.9 Å². The predicted molar refractivity (Wildman–Crippen MR) is 94.5 cm³/mol. The van der Waals surface area contributed by atoms with Crippen LogP contribution in [-0.2, 0) is 0 Å². The molecule has 2 heterocycles. The molecular weight excluding hydrogens is 304 g/mol. The zero-order valence-corrected chi connectivity index (χ0v) is 13.9. The Morgan fingerprint density at radius 3 is 2.08 bits per heavy atom. The lowest BCUT2D eigenvalue weighted by atomic mass is 10.1. The summed E-state index contributed by atoms with van der Waals surface area (Å²) in [6, 6.07) is 11.8. The highest BCUT2D eigenvalue weighted by molar-refractivity contribution is 5.64. The molecule has 124 valence electrons. The summed E-state index contributed by atoms with van der Waals surface area (Å²) in [7, 11) is 0. The van der Waals surface area contributed by atoms with Crippen LogP contribution in [0.25, 0.3) is 11.6 Å². The van der Waals surface area contributed by atoms with Crippen LogP contribution >= 0.6 is 0 Å². The van der Waals surface area contributed by atoms with Gasteiger partial charge in [-0.15, -0.1) is 0 Å². The van der Waals surface area contributed by atoms with Crippen LogP contribution in [0.1, 0.15) is 25.0 Å². The fourth-order valence-electron chi connectivity index (χ4n) is 2.37. The third kappa shape index (κ3) is 3.54. The Hall–Kier alpha value is -2.88. The van der Waals surface area contributed by atoms with Crippen molar-refractivity contribution in [3.63, 3.8) is 0 Å². The van der Waals surface area contributed by atoms with E-state index in [9.17, 15) is 0 Å². The van der Waals surface area contributed by atoms with Crippen LogP contribution in [-0.4, -0.2) is 13.6 Å². The van der Waals surface area contributed by atoms with Crippen LogP contribution in [0.15, 0.2) is 49.1 Å². The second-order valence-electron chi connectivity index (χ2n) is 5.46. The van der Waals surface area contributed by atoms with Crippen LogP contribution in [0, 0.1) is 0 Å². The fraction of sp³-hybridized carbons (Fsp3) is 0.200. The molecule has 24 heavy (non-hydrogen) atoms. The van der Waals surface area contributed by atoms with Gasteiger partial charge in [0.2, 0.25) is 13.6 Å². The van der Waals surface area contributed by atoms with Crippen molar-refractivity contribution in [1.82, 2.24) is 0 Å². The Balaban J connectivity index is 0.000000141. The minimum absolute atomic E-state index is 0.328. The summed E-state index contributed by atoms with van der Waals surface area (Å²) < 4.78 is 20.8. The van der Waals surface area contributed by atoms with Gasteiger partial charge in [-0.25, -0.2) is 0 Å². The molecule has 0 fully saturated rings. The van der Waals surface area contributed by atoms with Gasteiger partial charge in [-0.3, -0.25) is 0 Å². The maximum absolute atomic E-state index is 5.23. The van der Waals surface area contributed by atoms with E-state index in [1.54, 1.807) is 0 Å². The highest BCUT2D eigenvalue weighted by Crippen LogP contribution is 2.34. The quantitative estimate of drug-likeness (QED) is 0.787. The molecule has 0 radical (unpaired) electrons. The van der Waals surface area contributed by atoms with Gasteiger partial charge in [0, 0.05) is 0 Å². The standard InChI is InChI=1S/2C10H10O2/c1-7(2)8-3-4-9-10(5-8)12-6-11-9;1-2-3-8-4-5-9-10(6-8)12-7-11-9/h3-5H,1,6H2,2H3;2-6H,7H2,1H3. The first-order valence-electron chi connectivity index (χ1n) is 7.75. The van der Waals surface area contributed by atoms with E-state index in [1.807, 2.05) is 62.4 Å². The third-order valence-electron chi connectivity index (χ3n) is 3.62. The summed E-state index contributed by atoms with van der Waals surface area (Å²) in [5, 5.41) is 0. The fourth-order valence-corrected chi connectivity index (χ4v) is 2.37. The molecule has 0 aliphatic carbocycles. The Morgan fingerprint density at radius 2 is 1.46 bits per heavy atom. The number of hydrogen-bond donors (Lipinski definition) is 0. The SMILES string of the molecule is C=C(C)c1ccc2c(c1)OCO2.CC=Cc1ccc2c(c1)OCO2. The zero-order chi connectivity index (χ0) is 16.9. The van der Waals surface area contributed by atoms with E-state index in [0.29, 0.717) is 13.6 Å². The Labute approximate surface area is 141 Å². The lowest BCUT2D eigenvalue weighted by Gasteiger charge is -2.00. The largest absolute Gasteiger partial charge is 0.454 e. The first-order valence-corrected chi connectivity index (χ1v) is 7.75. The van der Waals surface area contributed by atoms with E-state index < -0.39 is 0 Å². The summed E-state index contributed by atoms with van der Waals surface area (Å²) >= 11 is 0. The number of fused-ring (bicyclic) bond motifs is 2. The van der Waals surface area contributed by atoms with Gasteiger partial charge >= 0.3 is 0 Å². The van der Waals surface area contributed by atoms with Gasteiger partial charge in [0.1, 0.15) is 0 Å². The molecule has 4 nitrogen and oxygen atoms in total. The molecular formula is C20H20O4. The monoisotopic (exact) mass is 324 g/mol. The van der Waals surface area contributed by atoms with E-state index >= 15 is 0 Å².